The first kappa shape index (κ1) is 18.0. The van der Waals surface area contributed by atoms with Gasteiger partial charge in [-0.2, -0.15) is 0 Å². The van der Waals surface area contributed by atoms with E-state index in [1.54, 1.807) is 0 Å². The van der Waals surface area contributed by atoms with Crippen molar-refractivity contribution < 1.29 is 26.4 Å². The number of carbonyl (C=O) groups excluding carboxylic acids is 1. The molecule has 0 bridgehead atoms. The first-order valence-corrected chi connectivity index (χ1v) is 10.3. The van der Waals surface area contributed by atoms with E-state index in [-0.39, 0.29) is 34.0 Å². The van der Waals surface area contributed by atoms with Gasteiger partial charge >= 0.3 is 0 Å². The summed E-state index contributed by atoms with van der Waals surface area (Å²) in [5.41, 5.74) is 0.0577. The molecule has 134 valence electrons. The molecule has 1 saturated heterocycles. The van der Waals surface area contributed by atoms with Crippen molar-refractivity contribution in [3.63, 3.8) is 0 Å². The zero-order valence-electron chi connectivity index (χ0n) is 12.9. The molecule has 1 aromatic carbocycles. The molecule has 0 amide bonds. The van der Waals surface area contributed by atoms with Crippen LogP contribution in [0.25, 0.3) is 0 Å². The normalized spacial score (nSPS) is 19.2. The molecule has 2 aromatic rings. The van der Waals surface area contributed by atoms with Crippen LogP contribution in [0.4, 0.5) is 8.78 Å². The first-order chi connectivity index (χ1) is 11.8. The van der Waals surface area contributed by atoms with Crippen LogP contribution in [0, 0.1) is 17.6 Å². The highest BCUT2D eigenvalue weighted by Gasteiger charge is 2.29. The van der Waals surface area contributed by atoms with Crippen LogP contribution < -0.4 is 0 Å². The second-order valence-corrected chi connectivity index (χ2v) is 8.93. The van der Waals surface area contributed by atoms with E-state index >= 15 is 0 Å². The minimum Gasteiger partial charge on any atom is -0.416 e. The molecule has 1 aliphatic rings. The van der Waals surface area contributed by atoms with E-state index < -0.39 is 27.3 Å². The smallest absolute Gasteiger partial charge is 0.277 e. The third-order valence-electron chi connectivity index (χ3n) is 3.81. The Hall–Kier alpha value is -1.81. The number of sulfone groups is 1. The average Bonchev–Trinajstić information content (AvgIpc) is 3.14. The van der Waals surface area contributed by atoms with Crippen molar-refractivity contribution in [2.75, 3.05) is 17.3 Å². The van der Waals surface area contributed by atoms with Crippen molar-refractivity contribution in [3.8, 4) is 0 Å². The molecule has 1 aliphatic heterocycles. The topological polar surface area (TPSA) is 90.1 Å². The van der Waals surface area contributed by atoms with Crippen LogP contribution in [0.3, 0.4) is 0 Å². The first-order valence-electron chi connectivity index (χ1n) is 7.46. The van der Waals surface area contributed by atoms with Gasteiger partial charge in [0.1, 0.15) is 0 Å². The van der Waals surface area contributed by atoms with E-state index in [1.807, 2.05) is 0 Å². The van der Waals surface area contributed by atoms with E-state index in [0.717, 1.165) is 23.9 Å². The van der Waals surface area contributed by atoms with Crippen molar-refractivity contribution in [1.29, 1.82) is 0 Å². The van der Waals surface area contributed by atoms with Crippen LogP contribution in [0.1, 0.15) is 22.7 Å². The quantitative estimate of drug-likeness (QED) is 0.554. The minimum atomic E-state index is -2.96. The summed E-state index contributed by atoms with van der Waals surface area (Å²) in [6, 6.07) is 2.95. The van der Waals surface area contributed by atoms with Crippen LogP contribution >= 0.6 is 11.8 Å². The molecule has 2 heterocycles. The number of halogens is 2. The maximum Gasteiger partial charge on any atom is 0.277 e. The second-order valence-electron chi connectivity index (χ2n) is 5.78. The van der Waals surface area contributed by atoms with E-state index in [9.17, 15) is 22.0 Å². The number of ketones is 1. The third-order valence-corrected chi connectivity index (χ3v) is 6.46. The number of thioether (sulfide) groups is 1. The fourth-order valence-electron chi connectivity index (χ4n) is 2.54. The summed E-state index contributed by atoms with van der Waals surface area (Å²) < 4.78 is 54.3. The number of Topliss-reactive ketones (excluding diaryl/α,β-unsaturated/α-hetero) is 1. The van der Waals surface area contributed by atoms with Gasteiger partial charge in [0.05, 0.1) is 17.3 Å². The highest BCUT2D eigenvalue weighted by atomic mass is 32.2. The van der Waals surface area contributed by atoms with E-state index in [1.165, 1.54) is 6.07 Å². The van der Waals surface area contributed by atoms with Gasteiger partial charge in [0.2, 0.25) is 5.89 Å². The monoisotopic (exact) mass is 388 g/mol. The van der Waals surface area contributed by atoms with Crippen molar-refractivity contribution in [2.24, 2.45) is 5.92 Å². The lowest BCUT2D eigenvalue weighted by Crippen LogP contribution is -2.07. The van der Waals surface area contributed by atoms with Crippen LogP contribution in [0.2, 0.25) is 0 Å². The number of benzene rings is 1. The fourth-order valence-corrected chi connectivity index (χ4v) is 5.08. The molecule has 25 heavy (non-hydrogen) atoms. The van der Waals surface area contributed by atoms with Gasteiger partial charge in [-0.15, -0.1) is 10.2 Å². The van der Waals surface area contributed by atoms with Crippen molar-refractivity contribution >= 4 is 27.4 Å². The van der Waals surface area contributed by atoms with Gasteiger partial charge in [-0.1, -0.05) is 11.8 Å². The molecule has 1 fully saturated rings. The van der Waals surface area contributed by atoms with Gasteiger partial charge in [-0.25, -0.2) is 17.2 Å². The molecule has 3 rings (SSSR count). The lowest BCUT2D eigenvalue weighted by molar-refractivity contribution is 0.102. The predicted octanol–water partition coefficient (Wildman–Crippen LogP) is 2.30. The molecule has 0 radical (unpaired) electrons. The minimum absolute atomic E-state index is 0.0351. The van der Waals surface area contributed by atoms with E-state index in [4.69, 9.17) is 4.42 Å². The molecule has 1 aromatic heterocycles. The number of hydrogen-bond acceptors (Lipinski definition) is 7. The highest BCUT2D eigenvalue weighted by Crippen LogP contribution is 2.24. The largest absolute Gasteiger partial charge is 0.416 e. The van der Waals surface area contributed by atoms with Crippen molar-refractivity contribution in [3.05, 3.63) is 41.3 Å². The summed E-state index contributed by atoms with van der Waals surface area (Å²) in [7, 11) is -2.96. The lowest BCUT2D eigenvalue weighted by atomic mass is 10.1. The highest BCUT2D eigenvalue weighted by molar-refractivity contribution is 7.99. The van der Waals surface area contributed by atoms with Gasteiger partial charge in [0.25, 0.3) is 5.22 Å². The Morgan fingerprint density at radius 1 is 1.28 bits per heavy atom. The average molecular weight is 388 g/mol. The summed E-state index contributed by atoms with van der Waals surface area (Å²) in [4.78, 5) is 12.0. The summed E-state index contributed by atoms with van der Waals surface area (Å²) in [6.07, 6.45) is 0.950. The van der Waals surface area contributed by atoms with Crippen LogP contribution in [0.15, 0.2) is 27.8 Å². The number of aromatic nitrogens is 2. The lowest BCUT2D eigenvalue weighted by Gasteiger charge is -2.02. The zero-order valence-corrected chi connectivity index (χ0v) is 14.6. The Labute approximate surface area is 146 Å². The summed E-state index contributed by atoms with van der Waals surface area (Å²) in [5.74, 6) is -1.97. The summed E-state index contributed by atoms with van der Waals surface area (Å²) in [5, 5.41) is 7.83. The molecular weight excluding hydrogens is 374 g/mol. The number of hydrogen-bond donors (Lipinski definition) is 0. The Kier molecular flexibility index (Phi) is 5.19. The Bertz CT molecular complexity index is 899. The van der Waals surface area contributed by atoms with E-state index in [2.05, 4.69) is 10.2 Å². The molecule has 0 saturated carbocycles. The van der Waals surface area contributed by atoms with Crippen molar-refractivity contribution in [2.45, 2.75) is 18.1 Å². The molecular formula is C15H14F2N2O4S2. The molecule has 0 spiro atoms. The van der Waals surface area contributed by atoms with Gasteiger partial charge in [-0.05, 0) is 30.5 Å². The van der Waals surface area contributed by atoms with Crippen LogP contribution in [-0.4, -0.2) is 41.7 Å². The molecule has 6 nitrogen and oxygen atoms in total. The number of rotatable bonds is 6. The van der Waals surface area contributed by atoms with Crippen LogP contribution in [-0.2, 0) is 16.3 Å². The Balaban J connectivity index is 1.54. The standard InChI is InChI=1S/C15H14F2N2O4S2/c16-11-2-1-10(6-12(11)17)13(20)7-24-15-19-18-14(23-15)5-9-3-4-25(21,22)8-9/h1-2,6,9H,3-5,7-8H2/t9-/m1/s1. The molecule has 0 N–H and O–H groups in total. The van der Waals surface area contributed by atoms with Crippen LogP contribution in [0.5, 0.6) is 0 Å². The van der Waals surface area contributed by atoms with Gasteiger partial charge < -0.3 is 4.42 Å². The number of carbonyl (C=O) groups is 1. The summed E-state index contributed by atoms with van der Waals surface area (Å²) in [6.45, 7) is 0. The Morgan fingerprint density at radius 3 is 2.76 bits per heavy atom. The molecule has 10 heteroatoms. The van der Waals surface area contributed by atoms with Gasteiger partial charge in [0.15, 0.2) is 27.3 Å². The molecule has 0 aliphatic carbocycles. The zero-order chi connectivity index (χ0) is 18.0. The maximum absolute atomic E-state index is 13.1. The Morgan fingerprint density at radius 2 is 2.08 bits per heavy atom. The van der Waals surface area contributed by atoms with E-state index in [0.29, 0.717) is 18.7 Å². The van der Waals surface area contributed by atoms with Gasteiger partial charge in [0, 0.05) is 12.0 Å². The van der Waals surface area contributed by atoms with Gasteiger partial charge in [-0.3, -0.25) is 4.79 Å². The fraction of sp³-hybridized carbons (Fsp3) is 0.400. The molecule has 1 atom stereocenters. The third kappa shape index (κ3) is 4.63. The maximum atomic E-state index is 13.1. The summed E-state index contributed by atoms with van der Waals surface area (Å²) >= 11 is 0.988. The second kappa shape index (κ2) is 7.20. The molecule has 0 unspecified atom stereocenters. The van der Waals surface area contributed by atoms with Crippen molar-refractivity contribution in [1.82, 2.24) is 10.2 Å². The SMILES string of the molecule is O=C(CSc1nnc(C[C@H]2CCS(=O)(=O)C2)o1)c1ccc(F)c(F)c1. The number of nitrogens with zero attached hydrogens (tertiary/aromatic N) is 2. The predicted molar refractivity (Wildman–Crippen MR) is 86.2 cm³/mol.